The van der Waals surface area contributed by atoms with Crippen molar-refractivity contribution < 1.29 is 4.79 Å². The fraction of sp³-hybridized carbons (Fsp3) is 0.100. The Balaban J connectivity index is 0.00000120. The summed E-state index contributed by atoms with van der Waals surface area (Å²) in [5.74, 6) is -0.459. The van der Waals surface area contributed by atoms with E-state index in [4.69, 9.17) is 5.73 Å². The molecule has 0 bridgehead atoms. The van der Waals surface area contributed by atoms with E-state index < -0.39 is 5.91 Å². The number of hydrogen-bond acceptors (Lipinski definition) is 4. The first-order chi connectivity index (χ1) is 8.15. The minimum absolute atomic E-state index is 0. The van der Waals surface area contributed by atoms with Crippen molar-refractivity contribution in [3.05, 3.63) is 30.4 Å². The number of aryl methyl sites for hydroxylation is 1. The first kappa shape index (κ1) is 12.6. The van der Waals surface area contributed by atoms with Gasteiger partial charge >= 0.3 is 0 Å². The summed E-state index contributed by atoms with van der Waals surface area (Å²) < 4.78 is 3.39. The average Bonchev–Trinajstić information content (AvgIpc) is 2.89. The van der Waals surface area contributed by atoms with Crippen molar-refractivity contribution in [1.82, 2.24) is 19.4 Å². The lowest BCUT2D eigenvalue weighted by Crippen LogP contribution is -2.09. The molecular formula is C10H10ClN5OS. The zero-order valence-corrected chi connectivity index (χ0v) is 11.0. The molecule has 3 aromatic rings. The molecule has 3 aromatic heterocycles. The van der Waals surface area contributed by atoms with Crippen LogP contribution in [-0.2, 0) is 7.05 Å². The van der Waals surface area contributed by atoms with Crippen LogP contribution in [0.2, 0.25) is 0 Å². The fourth-order valence-electron chi connectivity index (χ4n) is 1.64. The highest BCUT2D eigenvalue weighted by molar-refractivity contribution is 7.21. The normalized spacial score (nSPS) is 10.5. The molecule has 8 heteroatoms. The molecule has 6 nitrogen and oxygen atoms in total. The van der Waals surface area contributed by atoms with Crippen LogP contribution in [0.25, 0.3) is 15.3 Å². The largest absolute Gasteiger partial charge is 0.365 e. The van der Waals surface area contributed by atoms with Gasteiger partial charge in [0.1, 0.15) is 4.83 Å². The maximum Gasteiger partial charge on any atom is 0.253 e. The molecule has 18 heavy (non-hydrogen) atoms. The number of carbonyl (C=O) groups is 1. The van der Waals surface area contributed by atoms with Crippen LogP contribution in [-0.4, -0.2) is 25.3 Å². The molecule has 0 aliphatic rings. The summed E-state index contributed by atoms with van der Waals surface area (Å²) in [5, 5.41) is 8.20. The summed E-state index contributed by atoms with van der Waals surface area (Å²) in [6.45, 7) is 0. The van der Waals surface area contributed by atoms with Gasteiger partial charge in [-0.25, -0.2) is 4.52 Å². The SMILES string of the molecule is Cl.Cn1cc(-c2cn3ncc(C(N)=O)c3s2)cn1. The number of halogens is 1. The number of primary amides is 1. The van der Waals surface area contributed by atoms with Crippen LogP contribution in [0, 0.1) is 0 Å². The Bertz CT molecular complexity index is 713. The van der Waals surface area contributed by atoms with Gasteiger partial charge in [-0.1, -0.05) is 0 Å². The van der Waals surface area contributed by atoms with Crippen LogP contribution < -0.4 is 5.73 Å². The quantitative estimate of drug-likeness (QED) is 0.770. The topological polar surface area (TPSA) is 78.2 Å². The maximum atomic E-state index is 11.2. The summed E-state index contributed by atoms with van der Waals surface area (Å²) in [6.07, 6.45) is 7.04. The Morgan fingerprint density at radius 3 is 2.72 bits per heavy atom. The number of nitrogens with zero attached hydrogens (tertiary/aromatic N) is 4. The van der Waals surface area contributed by atoms with E-state index in [-0.39, 0.29) is 12.4 Å². The predicted octanol–water partition coefficient (Wildman–Crippen LogP) is 1.32. The van der Waals surface area contributed by atoms with Crippen LogP contribution in [0.5, 0.6) is 0 Å². The van der Waals surface area contributed by atoms with Gasteiger partial charge in [0, 0.05) is 25.0 Å². The van der Waals surface area contributed by atoms with Crippen molar-refractivity contribution in [1.29, 1.82) is 0 Å². The molecule has 3 rings (SSSR count). The number of hydrogen-bond donors (Lipinski definition) is 1. The van der Waals surface area contributed by atoms with E-state index in [2.05, 4.69) is 10.2 Å². The van der Waals surface area contributed by atoms with E-state index in [0.29, 0.717) is 5.56 Å². The second-order valence-corrected chi connectivity index (χ2v) is 4.70. The second-order valence-electron chi connectivity index (χ2n) is 3.67. The molecule has 0 aliphatic carbocycles. The minimum Gasteiger partial charge on any atom is -0.365 e. The lowest BCUT2D eigenvalue weighted by molar-refractivity contribution is 0.100. The van der Waals surface area contributed by atoms with Crippen molar-refractivity contribution in [2.45, 2.75) is 0 Å². The average molecular weight is 284 g/mol. The molecule has 0 spiro atoms. The molecule has 2 N–H and O–H groups in total. The molecule has 0 radical (unpaired) electrons. The summed E-state index contributed by atoms with van der Waals surface area (Å²) >= 11 is 1.47. The van der Waals surface area contributed by atoms with Gasteiger partial charge in [-0.15, -0.1) is 23.7 Å². The third-order valence-corrected chi connectivity index (χ3v) is 3.61. The van der Waals surface area contributed by atoms with Gasteiger partial charge in [0.05, 0.1) is 22.8 Å². The Morgan fingerprint density at radius 1 is 1.33 bits per heavy atom. The number of fused-ring (bicyclic) bond motifs is 1. The Kier molecular flexibility index (Phi) is 3.10. The highest BCUT2D eigenvalue weighted by Gasteiger charge is 2.14. The third-order valence-electron chi connectivity index (χ3n) is 2.45. The van der Waals surface area contributed by atoms with Crippen LogP contribution in [0.1, 0.15) is 10.4 Å². The first-order valence-corrected chi connectivity index (χ1v) is 5.73. The molecule has 0 aromatic carbocycles. The summed E-state index contributed by atoms with van der Waals surface area (Å²) in [5.41, 5.74) is 6.72. The Labute approximate surface area is 112 Å². The van der Waals surface area contributed by atoms with Gasteiger partial charge in [-0.05, 0) is 0 Å². The van der Waals surface area contributed by atoms with Gasteiger partial charge < -0.3 is 5.73 Å². The summed E-state index contributed by atoms with van der Waals surface area (Å²) in [4.78, 5) is 12.9. The van der Waals surface area contributed by atoms with E-state index in [9.17, 15) is 4.79 Å². The highest BCUT2D eigenvalue weighted by atomic mass is 35.5. The third kappa shape index (κ3) is 1.87. The predicted molar refractivity (Wildman–Crippen MR) is 71.0 cm³/mol. The first-order valence-electron chi connectivity index (χ1n) is 4.91. The molecule has 3 heterocycles. The zero-order valence-electron chi connectivity index (χ0n) is 9.40. The number of nitrogens with two attached hydrogens (primary N) is 1. The molecule has 0 atom stereocenters. The van der Waals surface area contributed by atoms with Crippen molar-refractivity contribution >= 4 is 34.5 Å². The summed E-state index contributed by atoms with van der Waals surface area (Å²) in [6, 6.07) is 0. The van der Waals surface area contributed by atoms with Crippen molar-refractivity contribution in [2.75, 3.05) is 0 Å². The highest BCUT2D eigenvalue weighted by Crippen LogP contribution is 2.29. The molecule has 1 amide bonds. The lowest BCUT2D eigenvalue weighted by Gasteiger charge is -1.87. The van der Waals surface area contributed by atoms with Crippen LogP contribution in [0.4, 0.5) is 0 Å². The molecule has 0 unspecified atom stereocenters. The van der Waals surface area contributed by atoms with E-state index >= 15 is 0 Å². The Hall–Kier alpha value is -1.86. The van der Waals surface area contributed by atoms with E-state index in [0.717, 1.165) is 15.3 Å². The van der Waals surface area contributed by atoms with Crippen molar-refractivity contribution in [3.8, 4) is 10.4 Å². The lowest BCUT2D eigenvalue weighted by atomic mass is 10.3. The van der Waals surface area contributed by atoms with Crippen molar-refractivity contribution in [3.63, 3.8) is 0 Å². The number of amides is 1. The zero-order chi connectivity index (χ0) is 12.0. The minimum atomic E-state index is -0.459. The van der Waals surface area contributed by atoms with Crippen molar-refractivity contribution in [2.24, 2.45) is 12.8 Å². The molecule has 0 aliphatic heterocycles. The fourth-order valence-corrected chi connectivity index (χ4v) is 2.68. The van der Waals surface area contributed by atoms with E-state index in [1.165, 1.54) is 17.5 Å². The van der Waals surface area contributed by atoms with E-state index in [1.54, 1.807) is 15.4 Å². The Morgan fingerprint density at radius 2 is 2.11 bits per heavy atom. The summed E-state index contributed by atoms with van der Waals surface area (Å²) in [7, 11) is 1.86. The smallest absolute Gasteiger partial charge is 0.253 e. The number of rotatable bonds is 2. The number of thiazole rings is 1. The molecular weight excluding hydrogens is 274 g/mol. The van der Waals surface area contributed by atoms with Gasteiger partial charge in [0.25, 0.3) is 5.91 Å². The molecule has 0 fully saturated rings. The van der Waals surface area contributed by atoms with Gasteiger partial charge in [-0.2, -0.15) is 10.2 Å². The van der Waals surface area contributed by atoms with Gasteiger partial charge in [0.2, 0.25) is 0 Å². The monoisotopic (exact) mass is 283 g/mol. The van der Waals surface area contributed by atoms with E-state index in [1.807, 2.05) is 19.4 Å². The van der Waals surface area contributed by atoms with Crippen LogP contribution in [0.15, 0.2) is 24.8 Å². The second kappa shape index (κ2) is 4.43. The van der Waals surface area contributed by atoms with Gasteiger partial charge in [0.15, 0.2) is 0 Å². The number of carbonyl (C=O) groups excluding carboxylic acids is 1. The molecule has 94 valence electrons. The maximum absolute atomic E-state index is 11.2. The number of aromatic nitrogens is 4. The van der Waals surface area contributed by atoms with Crippen LogP contribution in [0.3, 0.4) is 0 Å². The molecule has 0 saturated heterocycles. The van der Waals surface area contributed by atoms with Crippen LogP contribution >= 0.6 is 23.7 Å². The van der Waals surface area contributed by atoms with Gasteiger partial charge in [-0.3, -0.25) is 9.48 Å². The standard InChI is InChI=1S/C10H9N5OS.ClH/c1-14-4-6(2-12-14)8-5-15-10(17-8)7(3-13-15)9(11)16;/h2-5H,1H3,(H2,11,16);1H. The molecule has 0 saturated carbocycles.